The van der Waals surface area contributed by atoms with E-state index in [1.807, 2.05) is 0 Å². The molecule has 0 aromatic heterocycles. The summed E-state index contributed by atoms with van der Waals surface area (Å²) in [6.45, 7) is 6.84. The molecule has 0 spiro atoms. The van der Waals surface area contributed by atoms with Gasteiger partial charge in [-0.2, -0.15) is 0 Å². The smallest absolute Gasteiger partial charge is 0.0649 e. The van der Waals surface area contributed by atoms with E-state index in [0.717, 1.165) is 0 Å². The van der Waals surface area contributed by atoms with Gasteiger partial charge in [-0.1, -0.05) is 52.2 Å². The first-order valence-corrected chi connectivity index (χ1v) is 7.82. The molecule has 93 valence electrons. The maximum atomic E-state index is 2.36. The molecule has 0 saturated heterocycles. The lowest BCUT2D eigenvalue weighted by atomic mass is 9.95. The van der Waals surface area contributed by atoms with Crippen LogP contribution in [0.15, 0.2) is 33.8 Å². The minimum Gasteiger partial charge on any atom is -0.116 e. The highest BCUT2D eigenvalue weighted by molar-refractivity contribution is 8.06. The lowest BCUT2D eigenvalue weighted by Gasteiger charge is -2.09. The van der Waals surface area contributed by atoms with Gasteiger partial charge < -0.3 is 0 Å². The third-order valence-electron chi connectivity index (χ3n) is 3.34. The predicted octanol–water partition coefficient (Wildman–Crippen LogP) is 5.79. The highest BCUT2D eigenvalue weighted by atomic mass is 32.2. The number of hydrogen-bond donors (Lipinski definition) is 0. The van der Waals surface area contributed by atoms with Crippen LogP contribution in [0.25, 0.3) is 0 Å². The Morgan fingerprint density at radius 1 is 0.882 bits per heavy atom. The fraction of sp³-hybridized carbons (Fsp3) is 0.562. The van der Waals surface area contributed by atoms with Gasteiger partial charge in [0.05, 0.1) is 5.25 Å². The SMILES string of the molecule is CCC[C]1SC(CCC)=C2C(CCC)=CC=C12. The molecule has 1 heterocycles. The number of thioether (sulfide) groups is 1. The highest BCUT2D eigenvalue weighted by Crippen LogP contribution is 2.55. The molecule has 1 heteroatoms. The van der Waals surface area contributed by atoms with Gasteiger partial charge in [0.2, 0.25) is 0 Å². The van der Waals surface area contributed by atoms with Gasteiger partial charge in [0.15, 0.2) is 0 Å². The molecule has 0 unspecified atom stereocenters. The summed E-state index contributed by atoms with van der Waals surface area (Å²) >= 11 is 2.07. The summed E-state index contributed by atoms with van der Waals surface area (Å²) in [6.07, 6.45) is 12.2. The standard InChI is InChI=1S/C16H23S/c1-4-7-12-10-11-13-14(8-5-2)17-15(9-6-3)16(12)13/h10-11H,4-9H2,1-3H3. The first kappa shape index (κ1) is 13.0. The Morgan fingerprint density at radius 2 is 1.59 bits per heavy atom. The molecule has 2 rings (SSSR count). The molecule has 0 saturated carbocycles. The fourth-order valence-corrected chi connectivity index (χ4v) is 4.17. The monoisotopic (exact) mass is 247 g/mol. The van der Waals surface area contributed by atoms with E-state index in [2.05, 4.69) is 44.7 Å². The first-order valence-electron chi connectivity index (χ1n) is 7.00. The van der Waals surface area contributed by atoms with E-state index in [1.54, 1.807) is 26.9 Å². The average Bonchev–Trinajstić information content (AvgIpc) is 2.85. The third-order valence-corrected chi connectivity index (χ3v) is 4.67. The quantitative estimate of drug-likeness (QED) is 0.573. The third kappa shape index (κ3) is 2.54. The lowest BCUT2D eigenvalue weighted by molar-refractivity contribution is 0.886. The zero-order valence-corrected chi connectivity index (χ0v) is 12.1. The molecule has 1 aliphatic carbocycles. The highest BCUT2D eigenvalue weighted by Gasteiger charge is 2.33. The lowest BCUT2D eigenvalue weighted by Crippen LogP contribution is -1.93. The molecular formula is C16H23S. The Morgan fingerprint density at radius 3 is 2.24 bits per heavy atom. The van der Waals surface area contributed by atoms with Gasteiger partial charge in [-0.15, -0.1) is 11.8 Å². The summed E-state index contributed by atoms with van der Waals surface area (Å²) in [5.74, 6) is 0. The second kappa shape index (κ2) is 5.95. The van der Waals surface area contributed by atoms with Crippen LogP contribution in [0.4, 0.5) is 0 Å². The van der Waals surface area contributed by atoms with Gasteiger partial charge in [-0.25, -0.2) is 0 Å². The van der Waals surface area contributed by atoms with E-state index < -0.39 is 0 Å². The average molecular weight is 247 g/mol. The van der Waals surface area contributed by atoms with Crippen molar-refractivity contribution < 1.29 is 0 Å². The maximum Gasteiger partial charge on any atom is 0.0649 e. The van der Waals surface area contributed by atoms with Crippen molar-refractivity contribution in [1.82, 2.24) is 0 Å². The van der Waals surface area contributed by atoms with E-state index in [0.29, 0.717) is 0 Å². The Hall–Kier alpha value is -0.430. The van der Waals surface area contributed by atoms with Gasteiger partial charge in [0, 0.05) is 0 Å². The van der Waals surface area contributed by atoms with Gasteiger partial charge in [-0.05, 0) is 40.9 Å². The molecular weight excluding hydrogens is 224 g/mol. The van der Waals surface area contributed by atoms with Gasteiger partial charge in [0.1, 0.15) is 0 Å². The van der Waals surface area contributed by atoms with Crippen LogP contribution in [0.5, 0.6) is 0 Å². The number of allylic oxidation sites excluding steroid dienone is 5. The molecule has 17 heavy (non-hydrogen) atoms. The minimum absolute atomic E-state index is 1.24. The van der Waals surface area contributed by atoms with Crippen molar-refractivity contribution in [2.45, 2.75) is 59.3 Å². The topological polar surface area (TPSA) is 0 Å². The van der Waals surface area contributed by atoms with E-state index in [1.165, 1.54) is 38.5 Å². The molecule has 0 aromatic rings. The van der Waals surface area contributed by atoms with Gasteiger partial charge in [0.25, 0.3) is 0 Å². The molecule has 0 bridgehead atoms. The number of hydrogen-bond acceptors (Lipinski definition) is 1. The number of fused-ring (bicyclic) bond motifs is 1. The van der Waals surface area contributed by atoms with E-state index in [4.69, 9.17) is 0 Å². The van der Waals surface area contributed by atoms with Crippen molar-refractivity contribution in [3.05, 3.63) is 39.0 Å². The molecule has 1 aliphatic heterocycles. The molecule has 0 fully saturated rings. The second-order valence-corrected chi connectivity index (χ2v) is 6.04. The first-order chi connectivity index (χ1) is 8.31. The molecule has 1 radical (unpaired) electrons. The van der Waals surface area contributed by atoms with Gasteiger partial charge >= 0.3 is 0 Å². The molecule has 0 nitrogen and oxygen atoms in total. The van der Waals surface area contributed by atoms with Gasteiger partial charge in [-0.3, -0.25) is 0 Å². The van der Waals surface area contributed by atoms with E-state index in [-0.39, 0.29) is 0 Å². The van der Waals surface area contributed by atoms with Crippen molar-refractivity contribution >= 4 is 11.8 Å². The van der Waals surface area contributed by atoms with Crippen LogP contribution in [0.3, 0.4) is 0 Å². The largest absolute Gasteiger partial charge is 0.116 e. The zero-order chi connectivity index (χ0) is 12.3. The normalized spacial score (nSPS) is 19.7. The van der Waals surface area contributed by atoms with Crippen LogP contribution in [-0.4, -0.2) is 0 Å². The van der Waals surface area contributed by atoms with Crippen LogP contribution in [0.2, 0.25) is 0 Å². The minimum atomic E-state index is 1.24. The molecule has 0 amide bonds. The van der Waals surface area contributed by atoms with Crippen LogP contribution >= 0.6 is 11.8 Å². The van der Waals surface area contributed by atoms with Crippen LogP contribution in [0.1, 0.15) is 59.3 Å². The Kier molecular flexibility index (Phi) is 4.55. The van der Waals surface area contributed by atoms with Crippen LogP contribution < -0.4 is 0 Å². The zero-order valence-electron chi connectivity index (χ0n) is 11.3. The summed E-state index contributed by atoms with van der Waals surface area (Å²) < 4.78 is 0. The summed E-state index contributed by atoms with van der Waals surface area (Å²) in [6, 6.07) is 0. The van der Waals surface area contributed by atoms with Crippen molar-refractivity contribution in [3.63, 3.8) is 0 Å². The van der Waals surface area contributed by atoms with E-state index >= 15 is 0 Å². The molecule has 0 atom stereocenters. The fourth-order valence-electron chi connectivity index (χ4n) is 2.63. The maximum absolute atomic E-state index is 2.36. The second-order valence-electron chi connectivity index (χ2n) is 4.85. The molecule has 0 N–H and O–H groups in total. The Bertz CT molecular complexity index is 371. The Labute approximate surface area is 110 Å². The number of rotatable bonds is 6. The van der Waals surface area contributed by atoms with Crippen molar-refractivity contribution in [2.75, 3.05) is 0 Å². The van der Waals surface area contributed by atoms with Crippen LogP contribution in [0, 0.1) is 5.25 Å². The summed E-state index contributed by atoms with van der Waals surface area (Å²) in [4.78, 5) is 1.64. The van der Waals surface area contributed by atoms with Crippen LogP contribution in [-0.2, 0) is 0 Å². The van der Waals surface area contributed by atoms with E-state index in [9.17, 15) is 0 Å². The van der Waals surface area contributed by atoms with Crippen molar-refractivity contribution in [3.8, 4) is 0 Å². The van der Waals surface area contributed by atoms with Crippen molar-refractivity contribution in [2.24, 2.45) is 0 Å². The Balaban J connectivity index is 2.21. The summed E-state index contributed by atoms with van der Waals surface area (Å²) in [5.41, 5.74) is 4.76. The predicted molar refractivity (Wildman–Crippen MR) is 78.8 cm³/mol. The summed E-state index contributed by atoms with van der Waals surface area (Å²) in [5, 5.41) is 1.62. The van der Waals surface area contributed by atoms with Crippen molar-refractivity contribution in [1.29, 1.82) is 0 Å². The molecule has 0 aromatic carbocycles. The molecule has 2 aliphatic rings. The summed E-state index contributed by atoms with van der Waals surface area (Å²) in [7, 11) is 0.